The first-order valence-corrected chi connectivity index (χ1v) is 13.0. The molecule has 14 heteroatoms. The Bertz CT molecular complexity index is 1650. The third-order valence-electron chi connectivity index (χ3n) is 6.29. The maximum Gasteiger partial charge on any atom is 0.244 e. The zero-order valence-corrected chi connectivity index (χ0v) is 22.7. The van der Waals surface area contributed by atoms with Gasteiger partial charge >= 0.3 is 0 Å². The maximum absolute atomic E-state index is 13.6. The van der Waals surface area contributed by atoms with Crippen LogP contribution >= 0.6 is 23.2 Å². The maximum atomic E-state index is 13.6. The molecule has 0 aliphatic carbocycles. The van der Waals surface area contributed by atoms with E-state index in [4.69, 9.17) is 32.9 Å². The summed E-state index contributed by atoms with van der Waals surface area (Å²) >= 11 is 12.3. The van der Waals surface area contributed by atoms with Gasteiger partial charge in [0, 0.05) is 48.2 Å². The van der Waals surface area contributed by atoms with E-state index in [-0.39, 0.29) is 24.5 Å². The van der Waals surface area contributed by atoms with Crippen molar-refractivity contribution in [2.45, 2.75) is 12.5 Å². The van der Waals surface area contributed by atoms with Gasteiger partial charge in [-0.25, -0.2) is 9.75 Å². The fourth-order valence-corrected chi connectivity index (χ4v) is 4.71. The summed E-state index contributed by atoms with van der Waals surface area (Å²) in [6.07, 6.45) is 7.22. The van der Waals surface area contributed by atoms with Crippen LogP contribution in [0.5, 0.6) is 0 Å². The molecule has 2 aromatic carbocycles. The Hall–Kier alpha value is -4.07. The van der Waals surface area contributed by atoms with Crippen LogP contribution in [0.2, 0.25) is 10.2 Å². The normalized spacial score (nSPS) is 14.9. The largest absolute Gasteiger partial charge is 0.325 e. The molecule has 0 saturated carbocycles. The highest BCUT2D eigenvalue weighted by Gasteiger charge is 2.33. The molecule has 40 heavy (non-hydrogen) atoms. The molecule has 1 fully saturated rings. The monoisotopic (exact) mass is 579 g/mol. The summed E-state index contributed by atoms with van der Waals surface area (Å²) in [6, 6.07) is 13.8. The van der Waals surface area contributed by atoms with E-state index in [1.54, 1.807) is 41.5 Å². The van der Waals surface area contributed by atoms with Gasteiger partial charge in [0.15, 0.2) is 18.6 Å². The second-order valence-corrected chi connectivity index (χ2v) is 9.90. The summed E-state index contributed by atoms with van der Waals surface area (Å²) in [5.74, 6) is -0.259. The molecule has 4 heterocycles. The topological polar surface area (TPSA) is 115 Å². The second-order valence-electron chi connectivity index (χ2n) is 9.08. The number of nitrogens with zero attached hydrogens (tertiary/aromatic N) is 8. The summed E-state index contributed by atoms with van der Waals surface area (Å²) in [5.41, 5.74) is 3.59. The minimum atomic E-state index is -0.719. The van der Waals surface area contributed by atoms with Crippen LogP contribution in [0.15, 0.2) is 73.3 Å². The van der Waals surface area contributed by atoms with E-state index in [9.17, 15) is 4.79 Å². The van der Waals surface area contributed by atoms with Gasteiger partial charge in [0.05, 0.1) is 23.1 Å². The first-order chi connectivity index (χ1) is 19.4. The molecule has 204 valence electrons. The molecule has 0 bridgehead atoms. The highest BCUT2D eigenvalue weighted by Crippen LogP contribution is 2.30. The summed E-state index contributed by atoms with van der Waals surface area (Å²) < 4.78 is 3.25. The van der Waals surface area contributed by atoms with Gasteiger partial charge in [-0.1, -0.05) is 34.5 Å². The van der Waals surface area contributed by atoms with E-state index < -0.39 is 6.04 Å². The van der Waals surface area contributed by atoms with Crippen LogP contribution in [-0.4, -0.2) is 60.2 Å². The predicted molar refractivity (Wildman–Crippen MR) is 149 cm³/mol. The van der Waals surface area contributed by atoms with Gasteiger partial charge in [0.1, 0.15) is 6.04 Å². The molecular weight excluding hydrogens is 557 g/mol. The average molecular weight is 580 g/mol. The SMILES string of the molecule is Cn1cc2cc(NC(=O)C(Cc3cccnc3)N3CON(c4cc(Cl)ccc4-n4cc(Cl)nn4)CO3)ccc2n1. The van der Waals surface area contributed by atoms with Gasteiger partial charge in [-0.3, -0.25) is 24.1 Å². The number of hydrogen-bond acceptors (Lipinski definition) is 9. The molecule has 1 aliphatic heterocycles. The number of hydrogen-bond donors (Lipinski definition) is 1. The lowest BCUT2D eigenvalue weighted by Gasteiger charge is -2.38. The summed E-state index contributed by atoms with van der Waals surface area (Å²) in [6.45, 7) is -0.0573. The fourth-order valence-electron chi connectivity index (χ4n) is 4.42. The number of amides is 1. The number of carbonyl (C=O) groups excluding carboxylic acids is 1. The van der Waals surface area contributed by atoms with E-state index in [1.807, 2.05) is 43.6 Å². The van der Waals surface area contributed by atoms with Crippen molar-refractivity contribution in [3.05, 3.63) is 89.1 Å². The molecule has 1 saturated heterocycles. The second kappa shape index (κ2) is 11.2. The smallest absolute Gasteiger partial charge is 0.244 e. The molecule has 1 N–H and O–H groups in total. The number of pyridine rings is 1. The fraction of sp³-hybridized carbons (Fsp3) is 0.192. The summed E-state index contributed by atoms with van der Waals surface area (Å²) in [7, 11) is 1.85. The van der Waals surface area contributed by atoms with Gasteiger partial charge in [-0.2, -0.15) is 5.10 Å². The number of fused-ring (bicyclic) bond motifs is 1. The van der Waals surface area contributed by atoms with Crippen molar-refractivity contribution in [3.63, 3.8) is 0 Å². The van der Waals surface area contributed by atoms with Crippen molar-refractivity contribution < 1.29 is 14.5 Å². The van der Waals surface area contributed by atoms with Crippen LogP contribution < -0.4 is 10.4 Å². The van der Waals surface area contributed by atoms with Gasteiger partial charge in [-0.15, -0.1) is 10.2 Å². The Labute approximate surface area is 238 Å². The Balaban J connectivity index is 1.22. The van der Waals surface area contributed by atoms with Crippen molar-refractivity contribution in [3.8, 4) is 5.69 Å². The zero-order valence-electron chi connectivity index (χ0n) is 21.2. The van der Waals surface area contributed by atoms with Gasteiger partial charge in [-0.05, 0) is 48.0 Å². The zero-order chi connectivity index (χ0) is 27.6. The Kier molecular flexibility index (Phi) is 7.32. The number of nitrogens with one attached hydrogen (secondary N) is 1. The molecule has 6 rings (SSSR count). The third-order valence-corrected chi connectivity index (χ3v) is 6.70. The van der Waals surface area contributed by atoms with Gasteiger partial charge in [0.2, 0.25) is 5.91 Å². The Morgan fingerprint density at radius 3 is 2.73 bits per heavy atom. The predicted octanol–water partition coefficient (Wildman–Crippen LogP) is 4.01. The van der Waals surface area contributed by atoms with E-state index in [2.05, 4.69) is 25.7 Å². The van der Waals surface area contributed by atoms with Gasteiger partial charge < -0.3 is 5.32 Å². The van der Waals surface area contributed by atoms with E-state index in [0.717, 1.165) is 16.5 Å². The lowest BCUT2D eigenvalue weighted by Crippen LogP contribution is -2.52. The molecular formula is C26H23Cl2N9O3. The van der Waals surface area contributed by atoms with Crippen LogP contribution in [0.4, 0.5) is 11.4 Å². The van der Waals surface area contributed by atoms with E-state index in [0.29, 0.717) is 28.5 Å². The van der Waals surface area contributed by atoms with Crippen molar-refractivity contribution >= 4 is 51.4 Å². The van der Waals surface area contributed by atoms with Crippen LogP contribution in [0, 0.1) is 0 Å². The molecule has 5 aromatic rings. The first-order valence-electron chi connectivity index (χ1n) is 12.2. The molecule has 1 amide bonds. The van der Waals surface area contributed by atoms with Crippen molar-refractivity contribution in [1.29, 1.82) is 0 Å². The Morgan fingerprint density at radius 1 is 1.07 bits per heavy atom. The molecule has 3 aromatic heterocycles. The summed E-state index contributed by atoms with van der Waals surface area (Å²) in [5, 5.41) is 20.0. The molecule has 12 nitrogen and oxygen atoms in total. The van der Waals surface area contributed by atoms with Gasteiger partial charge in [0.25, 0.3) is 0 Å². The van der Waals surface area contributed by atoms with Crippen molar-refractivity contribution in [2.24, 2.45) is 7.05 Å². The average Bonchev–Trinajstić information content (AvgIpc) is 3.56. The number of rotatable bonds is 7. The number of halogens is 2. The van der Waals surface area contributed by atoms with Crippen molar-refractivity contribution in [2.75, 3.05) is 23.8 Å². The van der Waals surface area contributed by atoms with Crippen LogP contribution in [-0.2, 0) is 27.9 Å². The summed E-state index contributed by atoms with van der Waals surface area (Å²) in [4.78, 5) is 29.9. The number of carbonyl (C=O) groups is 1. The minimum Gasteiger partial charge on any atom is -0.325 e. The first kappa shape index (κ1) is 26.2. The highest BCUT2D eigenvalue weighted by atomic mass is 35.5. The number of hydroxylamine groups is 3. The van der Waals surface area contributed by atoms with Crippen LogP contribution in [0.25, 0.3) is 16.6 Å². The Morgan fingerprint density at radius 2 is 1.98 bits per heavy atom. The van der Waals surface area contributed by atoms with Crippen LogP contribution in [0.3, 0.4) is 0 Å². The molecule has 1 atom stereocenters. The molecule has 0 spiro atoms. The van der Waals surface area contributed by atoms with E-state index >= 15 is 0 Å². The molecule has 1 aliphatic rings. The lowest BCUT2D eigenvalue weighted by molar-refractivity contribution is -0.279. The minimum absolute atomic E-state index is 0.0196. The number of benzene rings is 2. The van der Waals surface area contributed by atoms with Crippen molar-refractivity contribution in [1.82, 2.24) is 34.8 Å². The number of aryl methyl sites for hydroxylation is 1. The van der Waals surface area contributed by atoms with E-state index in [1.165, 1.54) is 14.8 Å². The molecule has 0 radical (unpaired) electrons. The quantitative estimate of drug-likeness (QED) is 0.305. The third kappa shape index (κ3) is 5.62. The number of aromatic nitrogens is 6. The van der Waals surface area contributed by atoms with Crippen LogP contribution in [0.1, 0.15) is 5.56 Å². The number of anilines is 2. The molecule has 1 unspecified atom stereocenters. The lowest BCUT2D eigenvalue weighted by atomic mass is 10.1. The standard InChI is InChI=1S/C26H23Cl2N9O3/c1-34-13-18-10-20(5-6-21(18)32-34)30-26(38)24(9-17-3-2-8-29-12-17)37-16-39-36(15-40-37)23-11-19(27)4-7-22(23)35-14-25(28)31-33-35/h2-8,10-14,24H,9,15-16H2,1H3,(H,30,38). The highest BCUT2D eigenvalue weighted by molar-refractivity contribution is 6.31.